The van der Waals surface area contributed by atoms with Crippen molar-refractivity contribution in [2.45, 2.75) is 38.1 Å². The van der Waals surface area contributed by atoms with Crippen LogP contribution in [0.2, 0.25) is 0 Å². The lowest BCUT2D eigenvalue weighted by Gasteiger charge is -2.40. The minimum atomic E-state index is 0.741. The molecule has 1 saturated heterocycles. The summed E-state index contributed by atoms with van der Waals surface area (Å²) in [5.74, 6) is 1.94. The van der Waals surface area contributed by atoms with Crippen LogP contribution in [0, 0.1) is 6.92 Å². The highest BCUT2D eigenvalue weighted by Gasteiger charge is 2.36. The predicted molar refractivity (Wildman–Crippen MR) is 60.0 cm³/mol. The molecule has 1 aromatic heterocycles. The van der Waals surface area contributed by atoms with E-state index in [-0.39, 0.29) is 0 Å². The molecule has 3 heteroatoms. The highest BCUT2D eigenvalue weighted by Crippen LogP contribution is 2.38. The molecule has 0 amide bonds. The molecule has 1 aliphatic carbocycles. The summed E-state index contributed by atoms with van der Waals surface area (Å²) in [7, 11) is 4.42. The largest absolute Gasteiger partial charge is 0.335 e. The lowest BCUT2D eigenvalue weighted by atomic mass is 9.80. The van der Waals surface area contributed by atoms with Gasteiger partial charge in [0.2, 0.25) is 0 Å². The number of nitrogens with zero attached hydrogens (tertiary/aromatic N) is 3. The summed E-state index contributed by atoms with van der Waals surface area (Å²) in [4.78, 5) is 7.21. The Morgan fingerprint density at radius 3 is 2.93 bits per heavy atom. The molecule has 82 valence electrons. The molecule has 0 N–H and O–H groups in total. The molecular weight excluding hydrogens is 186 g/mol. The van der Waals surface area contributed by atoms with Crippen LogP contribution in [0.15, 0.2) is 0 Å². The number of likely N-dealkylation sites (tertiary alicyclic amines) is 1. The molecule has 0 spiro atoms. The van der Waals surface area contributed by atoms with Crippen molar-refractivity contribution in [1.29, 1.82) is 0 Å². The van der Waals surface area contributed by atoms with Crippen molar-refractivity contribution in [2.75, 3.05) is 13.6 Å². The van der Waals surface area contributed by atoms with Gasteiger partial charge < -0.3 is 9.47 Å². The van der Waals surface area contributed by atoms with Crippen molar-refractivity contribution in [3.05, 3.63) is 17.2 Å². The van der Waals surface area contributed by atoms with Gasteiger partial charge in [-0.3, -0.25) is 0 Å². The smallest absolute Gasteiger partial charge is 0.105 e. The molecule has 3 rings (SSSR count). The molecule has 1 fully saturated rings. The molecule has 2 heterocycles. The minimum absolute atomic E-state index is 0.741. The van der Waals surface area contributed by atoms with Gasteiger partial charge in [0.25, 0.3) is 0 Å². The van der Waals surface area contributed by atoms with Gasteiger partial charge in [-0.05, 0) is 33.4 Å². The minimum Gasteiger partial charge on any atom is -0.335 e. The standard InChI is InChI=1S/C12H19N3/c1-8-13-11-7-10-6-9(4-5-14(10)2)12(11)15(8)3/h9-10H,4-7H2,1-3H3. The summed E-state index contributed by atoms with van der Waals surface area (Å²) in [5.41, 5.74) is 2.89. The number of imidazole rings is 1. The molecule has 2 aliphatic rings. The maximum atomic E-state index is 4.70. The first-order chi connectivity index (χ1) is 7.16. The van der Waals surface area contributed by atoms with E-state index in [0.717, 1.165) is 18.4 Å². The van der Waals surface area contributed by atoms with E-state index in [2.05, 4.69) is 30.5 Å². The van der Waals surface area contributed by atoms with Gasteiger partial charge >= 0.3 is 0 Å². The Morgan fingerprint density at radius 2 is 2.13 bits per heavy atom. The summed E-state index contributed by atoms with van der Waals surface area (Å²) >= 11 is 0. The first kappa shape index (κ1) is 9.40. The molecule has 1 aliphatic heterocycles. The van der Waals surface area contributed by atoms with Crippen LogP contribution in [0.4, 0.5) is 0 Å². The summed E-state index contributed by atoms with van der Waals surface area (Å²) in [6.45, 7) is 3.37. The highest BCUT2D eigenvalue weighted by atomic mass is 15.2. The number of piperidine rings is 1. The second-order valence-electron chi connectivity index (χ2n) is 5.11. The topological polar surface area (TPSA) is 21.1 Å². The van der Waals surface area contributed by atoms with Crippen molar-refractivity contribution >= 4 is 0 Å². The second kappa shape index (κ2) is 3.08. The third-order valence-corrected chi connectivity index (χ3v) is 4.27. The van der Waals surface area contributed by atoms with Crippen LogP contribution >= 0.6 is 0 Å². The van der Waals surface area contributed by atoms with Crippen LogP contribution in [0.25, 0.3) is 0 Å². The zero-order valence-electron chi connectivity index (χ0n) is 9.82. The van der Waals surface area contributed by atoms with Crippen LogP contribution < -0.4 is 0 Å². The van der Waals surface area contributed by atoms with Gasteiger partial charge in [0, 0.05) is 31.1 Å². The predicted octanol–water partition coefficient (Wildman–Crippen LogP) is 1.46. The van der Waals surface area contributed by atoms with Crippen LogP contribution in [0.1, 0.15) is 36.0 Å². The quantitative estimate of drug-likeness (QED) is 0.639. The molecule has 2 unspecified atom stereocenters. The number of likely N-dealkylation sites (N-methyl/N-ethyl adjacent to an activating group) is 1. The third-order valence-electron chi connectivity index (χ3n) is 4.27. The third kappa shape index (κ3) is 1.26. The van der Waals surface area contributed by atoms with Crippen molar-refractivity contribution in [3.8, 4) is 0 Å². The SMILES string of the molecule is Cc1nc2c(n1C)C1CCN(C)C(C2)C1. The van der Waals surface area contributed by atoms with Crippen molar-refractivity contribution in [2.24, 2.45) is 7.05 Å². The Kier molecular flexibility index (Phi) is 1.93. The molecule has 0 aromatic carbocycles. The van der Waals surface area contributed by atoms with E-state index < -0.39 is 0 Å². The summed E-state index contributed by atoms with van der Waals surface area (Å²) in [6, 6.07) is 0.741. The molecule has 0 radical (unpaired) electrons. The molecule has 1 aromatic rings. The number of hydrogen-bond acceptors (Lipinski definition) is 2. The summed E-state index contributed by atoms with van der Waals surface area (Å²) < 4.78 is 2.31. The van der Waals surface area contributed by atoms with E-state index in [1.807, 2.05) is 0 Å². The fourth-order valence-corrected chi connectivity index (χ4v) is 3.23. The summed E-state index contributed by atoms with van der Waals surface area (Å²) in [5, 5.41) is 0. The van der Waals surface area contributed by atoms with Crippen LogP contribution in [-0.2, 0) is 13.5 Å². The van der Waals surface area contributed by atoms with Gasteiger partial charge in [-0.25, -0.2) is 4.98 Å². The van der Waals surface area contributed by atoms with Gasteiger partial charge in [0.05, 0.1) is 5.69 Å². The first-order valence-electron chi connectivity index (χ1n) is 5.89. The maximum Gasteiger partial charge on any atom is 0.105 e. The van der Waals surface area contributed by atoms with E-state index in [4.69, 9.17) is 4.98 Å². The lowest BCUT2D eigenvalue weighted by molar-refractivity contribution is 0.153. The number of rotatable bonds is 0. The zero-order valence-corrected chi connectivity index (χ0v) is 9.82. The van der Waals surface area contributed by atoms with Crippen LogP contribution in [-0.4, -0.2) is 34.1 Å². The normalized spacial score (nSPS) is 30.3. The fraction of sp³-hybridized carbons (Fsp3) is 0.750. The summed E-state index contributed by atoms with van der Waals surface area (Å²) in [6.07, 6.45) is 3.80. The molecule has 0 saturated carbocycles. The fourth-order valence-electron chi connectivity index (χ4n) is 3.23. The average molecular weight is 205 g/mol. The number of aromatic nitrogens is 2. The van der Waals surface area contributed by atoms with E-state index >= 15 is 0 Å². The van der Waals surface area contributed by atoms with Gasteiger partial charge in [-0.2, -0.15) is 0 Å². The molecule has 3 nitrogen and oxygen atoms in total. The average Bonchev–Trinajstić information content (AvgIpc) is 2.49. The van der Waals surface area contributed by atoms with Gasteiger partial charge in [0.1, 0.15) is 5.82 Å². The highest BCUT2D eigenvalue weighted by molar-refractivity contribution is 5.26. The molecule has 2 bridgehead atoms. The molecule has 2 atom stereocenters. The Bertz CT molecular complexity index is 394. The van der Waals surface area contributed by atoms with Crippen molar-refractivity contribution in [3.63, 3.8) is 0 Å². The zero-order chi connectivity index (χ0) is 10.6. The van der Waals surface area contributed by atoms with Crippen LogP contribution in [0.5, 0.6) is 0 Å². The Hall–Kier alpha value is -0.830. The van der Waals surface area contributed by atoms with Crippen LogP contribution in [0.3, 0.4) is 0 Å². The molecular formula is C12H19N3. The van der Waals surface area contributed by atoms with E-state index in [9.17, 15) is 0 Å². The Balaban J connectivity index is 2.07. The lowest BCUT2D eigenvalue weighted by Crippen LogP contribution is -2.43. The second-order valence-corrected chi connectivity index (χ2v) is 5.11. The van der Waals surface area contributed by atoms with Crippen molar-refractivity contribution in [1.82, 2.24) is 14.5 Å². The van der Waals surface area contributed by atoms with E-state index in [1.54, 1.807) is 0 Å². The van der Waals surface area contributed by atoms with Crippen molar-refractivity contribution < 1.29 is 0 Å². The first-order valence-corrected chi connectivity index (χ1v) is 5.89. The Morgan fingerprint density at radius 1 is 1.33 bits per heavy atom. The number of fused-ring (bicyclic) bond motifs is 4. The van der Waals surface area contributed by atoms with Gasteiger partial charge in [-0.15, -0.1) is 0 Å². The number of hydrogen-bond donors (Lipinski definition) is 0. The van der Waals surface area contributed by atoms with E-state index in [0.29, 0.717) is 0 Å². The maximum absolute atomic E-state index is 4.70. The Labute approximate surface area is 91.1 Å². The van der Waals surface area contributed by atoms with Gasteiger partial charge in [0.15, 0.2) is 0 Å². The van der Waals surface area contributed by atoms with E-state index in [1.165, 1.54) is 36.6 Å². The molecule has 15 heavy (non-hydrogen) atoms. The monoisotopic (exact) mass is 205 g/mol. The number of aryl methyl sites for hydroxylation is 1. The van der Waals surface area contributed by atoms with Gasteiger partial charge in [-0.1, -0.05) is 0 Å².